The molecule has 2 amide bonds. The Hall–Kier alpha value is -2.30. The quantitative estimate of drug-likeness (QED) is 0.816. The van der Waals surface area contributed by atoms with E-state index in [4.69, 9.17) is 0 Å². The summed E-state index contributed by atoms with van der Waals surface area (Å²) >= 11 is 0. The van der Waals surface area contributed by atoms with Gasteiger partial charge in [0.2, 0.25) is 0 Å². The van der Waals surface area contributed by atoms with Crippen LogP contribution in [0.15, 0.2) is 36.7 Å². The molecule has 2 aromatic rings. The van der Waals surface area contributed by atoms with E-state index in [1.807, 2.05) is 31.1 Å². The van der Waals surface area contributed by atoms with Crippen molar-refractivity contribution in [2.24, 2.45) is 0 Å². The number of carbonyl (C=O) groups excluding carboxylic acids is 1. The van der Waals surface area contributed by atoms with Crippen LogP contribution in [0.25, 0.3) is 0 Å². The molecule has 1 heterocycles. The second-order valence-electron chi connectivity index (χ2n) is 7.92. The van der Waals surface area contributed by atoms with E-state index in [0.717, 1.165) is 25.2 Å². The SMILES string of the molecule is Cc1ccccc1Cn1ccnc1CN(C(=O)NC(C)C)C1CCCCC1. The number of hydrogen-bond acceptors (Lipinski definition) is 2. The van der Waals surface area contributed by atoms with Crippen LogP contribution in [-0.4, -0.2) is 32.6 Å². The highest BCUT2D eigenvalue weighted by Crippen LogP contribution is 2.24. The summed E-state index contributed by atoms with van der Waals surface area (Å²) in [5.74, 6) is 0.947. The summed E-state index contributed by atoms with van der Waals surface area (Å²) in [6.45, 7) is 7.50. The Bertz CT molecular complexity index is 746. The molecule has 5 heteroatoms. The Balaban J connectivity index is 1.78. The Kier molecular flexibility index (Phi) is 6.54. The number of hydrogen-bond donors (Lipinski definition) is 1. The molecule has 0 spiro atoms. The highest BCUT2D eigenvalue weighted by atomic mass is 16.2. The van der Waals surface area contributed by atoms with E-state index < -0.39 is 0 Å². The maximum Gasteiger partial charge on any atom is 0.318 e. The molecule has 3 rings (SSSR count). The van der Waals surface area contributed by atoms with Gasteiger partial charge >= 0.3 is 6.03 Å². The Morgan fingerprint density at radius 3 is 2.70 bits per heavy atom. The Labute approximate surface area is 162 Å². The van der Waals surface area contributed by atoms with Crippen LogP contribution in [0.4, 0.5) is 4.79 Å². The summed E-state index contributed by atoms with van der Waals surface area (Å²) in [6.07, 6.45) is 9.71. The average molecular weight is 369 g/mol. The minimum Gasteiger partial charge on any atom is -0.336 e. The topological polar surface area (TPSA) is 50.2 Å². The fourth-order valence-electron chi connectivity index (χ4n) is 3.85. The lowest BCUT2D eigenvalue weighted by Crippen LogP contribution is -2.48. The van der Waals surface area contributed by atoms with Crippen molar-refractivity contribution >= 4 is 6.03 Å². The van der Waals surface area contributed by atoms with Gasteiger partial charge in [-0.2, -0.15) is 0 Å². The minimum atomic E-state index is 0.0299. The van der Waals surface area contributed by atoms with Crippen molar-refractivity contribution < 1.29 is 4.79 Å². The van der Waals surface area contributed by atoms with Crippen LogP contribution in [0, 0.1) is 6.92 Å². The third kappa shape index (κ3) is 5.12. The molecular weight excluding hydrogens is 336 g/mol. The van der Waals surface area contributed by atoms with Crippen LogP contribution in [0.1, 0.15) is 62.9 Å². The lowest BCUT2D eigenvalue weighted by atomic mass is 9.94. The number of nitrogens with zero attached hydrogens (tertiary/aromatic N) is 3. The predicted molar refractivity (Wildman–Crippen MR) is 109 cm³/mol. The number of imidazole rings is 1. The van der Waals surface area contributed by atoms with Crippen molar-refractivity contribution in [3.05, 3.63) is 53.6 Å². The molecule has 0 atom stereocenters. The molecule has 27 heavy (non-hydrogen) atoms. The van der Waals surface area contributed by atoms with Crippen molar-refractivity contribution in [3.63, 3.8) is 0 Å². The van der Waals surface area contributed by atoms with Crippen LogP contribution in [0.5, 0.6) is 0 Å². The fraction of sp³-hybridized carbons (Fsp3) is 0.545. The zero-order valence-electron chi connectivity index (χ0n) is 16.8. The van der Waals surface area contributed by atoms with E-state index in [0.29, 0.717) is 12.6 Å². The normalized spacial score (nSPS) is 15.1. The number of urea groups is 1. The highest BCUT2D eigenvalue weighted by molar-refractivity contribution is 5.74. The molecule has 1 N–H and O–H groups in total. The summed E-state index contributed by atoms with van der Waals surface area (Å²) in [6, 6.07) is 8.90. The number of nitrogens with one attached hydrogen (secondary N) is 1. The van der Waals surface area contributed by atoms with Crippen molar-refractivity contribution in [1.29, 1.82) is 0 Å². The maximum absolute atomic E-state index is 12.9. The first kappa shape index (κ1) is 19.5. The minimum absolute atomic E-state index is 0.0299. The number of rotatable bonds is 6. The van der Waals surface area contributed by atoms with Crippen LogP contribution in [-0.2, 0) is 13.1 Å². The van der Waals surface area contributed by atoms with Gasteiger partial charge in [0.25, 0.3) is 0 Å². The zero-order chi connectivity index (χ0) is 19.2. The molecule has 0 bridgehead atoms. The van der Waals surface area contributed by atoms with Crippen molar-refractivity contribution in [1.82, 2.24) is 19.8 Å². The van der Waals surface area contributed by atoms with Gasteiger partial charge in [0.15, 0.2) is 0 Å². The van der Waals surface area contributed by atoms with Crippen LogP contribution in [0.2, 0.25) is 0 Å². The number of aryl methyl sites for hydroxylation is 1. The van der Waals surface area contributed by atoms with Gasteiger partial charge in [0.1, 0.15) is 5.82 Å². The summed E-state index contributed by atoms with van der Waals surface area (Å²) < 4.78 is 2.17. The van der Waals surface area contributed by atoms with Gasteiger partial charge in [0.05, 0.1) is 6.54 Å². The molecule has 146 valence electrons. The monoisotopic (exact) mass is 368 g/mol. The van der Waals surface area contributed by atoms with E-state index in [-0.39, 0.29) is 12.1 Å². The standard InChI is InChI=1S/C22H32N4O/c1-17(2)24-22(27)26(20-11-5-4-6-12-20)16-21-23-13-14-25(21)15-19-10-8-7-9-18(19)3/h7-10,13-14,17,20H,4-6,11-12,15-16H2,1-3H3,(H,24,27). The van der Waals surface area contributed by atoms with E-state index in [9.17, 15) is 4.79 Å². The first-order valence-corrected chi connectivity index (χ1v) is 10.2. The second kappa shape index (κ2) is 9.07. The van der Waals surface area contributed by atoms with Crippen molar-refractivity contribution in [2.75, 3.05) is 0 Å². The molecule has 0 aliphatic heterocycles. The molecular formula is C22H32N4O. The van der Waals surface area contributed by atoms with Crippen LogP contribution < -0.4 is 5.32 Å². The molecule has 0 unspecified atom stereocenters. The first-order chi connectivity index (χ1) is 13.0. The molecule has 0 radical (unpaired) electrons. The lowest BCUT2D eigenvalue weighted by molar-refractivity contribution is 0.146. The van der Waals surface area contributed by atoms with E-state index in [2.05, 4.69) is 46.1 Å². The summed E-state index contributed by atoms with van der Waals surface area (Å²) in [5, 5.41) is 3.08. The Morgan fingerprint density at radius 2 is 2.00 bits per heavy atom. The molecule has 0 saturated heterocycles. The Morgan fingerprint density at radius 1 is 1.26 bits per heavy atom. The predicted octanol–water partition coefficient (Wildman–Crippen LogP) is 4.49. The maximum atomic E-state index is 12.9. The van der Waals surface area contributed by atoms with Gasteiger partial charge in [-0.3, -0.25) is 0 Å². The number of amides is 2. The molecule has 1 aliphatic rings. The molecule has 5 nitrogen and oxygen atoms in total. The second-order valence-corrected chi connectivity index (χ2v) is 7.92. The van der Waals surface area contributed by atoms with Gasteiger partial charge in [-0.05, 0) is 44.7 Å². The van der Waals surface area contributed by atoms with E-state index in [1.165, 1.54) is 30.4 Å². The van der Waals surface area contributed by atoms with Crippen molar-refractivity contribution in [2.45, 2.75) is 78.0 Å². The van der Waals surface area contributed by atoms with Crippen molar-refractivity contribution in [3.8, 4) is 0 Å². The third-order valence-electron chi connectivity index (χ3n) is 5.40. The molecule has 1 fully saturated rings. The average Bonchev–Trinajstić information content (AvgIpc) is 3.08. The summed E-state index contributed by atoms with van der Waals surface area (Å²) in [7, 11) is 0. The highest BCUT2D eigenvalue weighted by Gasteiger charge is 2.27. The smallest absolute Gasteiger partial charge is 0.318 e. The number of carbonyl (C=O) groups is 1. The lowest BCUT2D eigenvalue weighted by Gasteiger charge is -2.34. The summed E-state index contributed by atoms with van der Waals surface area (Å²) in [4.78, 5) is 19.5. The number of benzene rings is 1. The van der Waals surface area contributed by atoms with Gasteiger partial charge in [-0.1, -0.05) is 43.5 Å². The molecule has 1 saturated carbocycles. The summed E-state index contributed by atoms with van der Waals surface area (Å²) in [5.41, 5.74) is 2.56. The molecule has 1 aromatic carbocycles. The largest absolute Gasteiger partial charge is 0.336 e. The zero-order valence-corrected chi connectivity index (χ0v) is 16.8. The van der Waals surface area contributed by atoms with Gasteiger partial charge < -0.3 is 14.8 Å². The van der Waals surface area contributed by atoms with Gasteiger partial charge in [0, 0.05) is 31.0 Å². The van der Waals surface area contributed by atoms with E-state index >= 15 is 0 Å². The fourth-order valence-corrected chi connectivity index (χ4v) is 3.85. The van der Waals surface area contributed by atoms with Crippen LogP contribution in [0.3, 0.4) is 0 Å². The molecule has 1 aliphatic carbocycles. The first-order valence-electron chi connectivity index (χ1n) is 10.2. The van der Waals surface area contributed by atoms with Gasteiger partial charge in [-0.15, -0.1) is 0 Å². The third-order valence-corrected chi connectivity index (χ3v) is 5.40. The molecule has 1 aromatic heterocycles. The van der Waals surface area contributed by atoms with Crippen LogP contribution >= 0.6 is 0 Å². The van der Waals surface area contributed by atoms with E-state index in [1.54, 1.807) is 0 Å². The van der Waals surface area contributed by atoms with Gasteiger partial charge in [-0.25, -0.2) is 9.78 Å². The number of aromatic nitrogens is 2.